The lowest BCUT2D eigenvalue weighted by atomic mass is 9.86. The molecule has 4 nitrogen and oxygen atoms in total. The summed E-state index contributed by atoms with van der Waals surface area (Å²) in [5.41, 5.74) is 0. The fraction of sp³-hybridized carbons (Fsp3) is 0.958. The zero-order chi connectivity index (χ0) is 22.7. The van der Waals surface area contributed by atoms with Crippen LogP contribution in [0, 0.1) is 5.92 Å². The van der Waals surface area contributed by atoms with Gasteiger partial charge in [-0.1, -0.05) is 104 Å². The Morgan fingerprint density at radius 1 is 0.767 bits per heavy atom. The van der Waals surface area contributed by atoms with Crippen LogP contribution in [-0.4, -0.2) is 41.7 Å². The molecule has 6 heteroatoms. The Hall–Kier alpha value is -0.0431. The third-order valence-electron chi connectivity index (χ3n) is 6.23. The second-order valence-electron chi connectivity index (χ2n) is 8.56. The molecule has 0 aromatic rings. The van der Waals surface area contributed by atoms with Gasteiger partial charge in [-0.25, -0.2) is 4.79 Å². The lowest BCUT2D eigenvalue weighted by Gasteiger charge is -2.38. The van der Waals surface area contributed by atoms with Crippen molar-refractivity contribution in [3.05, 3.63) is 0 Å². The monoisotopic (exact) mass is 462 g/mol. The molecule has 0 fully saturated rings. The highest BCUT2D eigenvalue weighted by atomic mass is 32.1. The Kier molecular flexibility index (Phi) is 19.6. The van der Waals surface area contributed by atoms with Crippen molar-refractivity contribution in [1.82, 2.24) is 0 Å². The first-order valence-corrected chi connectivity index (χ1v) is 13.7. The summed E-state index contributed by atoms with van der Waals surface area (Å²) in [6.45, 7) is 4.41. The molecule has 180 valence electrons. The molecule has 0 amide bonds. The molecular weight excluding hydrogens is 412 g/mol. The summed E-state index contributed by atoms with van der Waals surface area (Å²) in [5.74, 6) is -1.85. The number of hydrogen-bond donors (Lipinski definition) is 1. The van der Waals surface area contributed by atoms with Crippen molar-refractivity contribution in [2.45, 2.75) is 128 Å². The van der Waals surface area contributed by atoms with Crippen LogP contribution in [0.5, 0.6) is 0 Å². The van der Waals surface area contributed by atoms with Crippen LogP contribution in [0.4, 0.5) is 0 Å². The lowest BCUT2D eigenvalue weighted by Crippen LogP contribution is -2.53. The summed E-state index contributed by atoms with van der Waals surface area (Å²) in [4.78, 5) is 12.5. The summed E-state index contributed by atoms with van der Waals surface area (Å²) in [6, 6.07) is 0. The van der Waals surface area contributed by atoms with Crippen molar-refractivity contribution in [3.8, 4) is 0 Å². The molecule has 0 aliphatic rings. The third-order valence-corrected chi connectivity index (χ3v) is 7.22. The van der Waals surface area contributed by atoms with E-state index in [4.69, 9.17) is 26.5 Å². The first kappa shape index (κ1) is 30.0. The molecule has 0 aliphatic heterocycles. The second-order valence-corrected chi connectivity index (χ2v) is 9.63. The van der Waals surface area contributed by atoms with Crippen molar-refractivity contribution in [1.29, 1.82) is 0 Å². The standard InChI is InChI=1S/C24H50O4SSi/c1-5-7-8-9-10-11-12-13-14-15-16-17-18-20-21(22(29)19-6-2)24(26-3,27-4)23(25)28-30/h21-22,29H,5-20H2,1-4,30H3. The minimum Gasteiger partial charge on any atom is -0.525 e. The van der Waals surface area contributed by atoms with Crippen LogP contribution in [-0.2, 0) is 18.7 Å². The van der Waals surface area contributed by atoms with E-state index in [-0.39, 0.29) is 11.2 Å². The summed E-state index contributed by atoms with van der Waals surface area (Å²) >= 11 is 4.80. The molecule has 0 saturated heterocycles. The van der Waals surface area contributed by atoms with Crippen LogP contribution in [0.1, 0.15) is 117 Å². The van der Waals surface area contributed by atoms with Crippen LogP contribution in [0.25, 0.3) is 0 Å². The zero-order valence-electron chi connectivity index (χ0n) is 20.5. The van der Waals surface area contributed by atoms with Crippen molar-refractivity contribution < 1.29 is 18.7 Å². The van der Waals surface area contributed by atoms with Crippen LogP contribution in [0.2, 0.25) is 0 Å². The number of ether oxygens (including phenoxy) is 2. The molecule has 0 aromatic carbocycles. The van der Waals surface area contributed by atoms with Crippen LogP contribution in [0.15, 0.2) is 0 Å². The van der Waals surface area contributed by atoms with Gasteiger partial charge in [0.05, 0.1) is 0 Å². The number of hydrogen-bond acceptors (Lipinski definition) is 5. The van der Waals surface area contributed by atoms with Crippen LogP contribution >= 0.6 is 12.6 Å². The van der Waals surface area contributed by atoms with Gasteiger partial charge in [-0.05, 0) is 12.8 Å². The van der Waals surface area contributed by atoms with Crippen molar-refractivity contribution in [2.24, 2.45) is 5.92 Å². The zero-order valence-corrected chi connectivity index (χ0v) is 23.4. The number of carbonyl (C=O) groups excluding carboxylic acids is 1. The molecule has 0 spiro atoms. The number of carbonyl (C=O) groups is 1. The Balaban J connectivity index is 4.22. The molecule has 2 atom stereocenters. The van der Waals surface area contributed by atoms with Gasteiger partial charge in [0.2, 0.25) is 10.5 Å². The van der Waals surface area contributed by atoms with Gasteiger partial charge in [0.1, 0.15) is 0 Å². The number of methoxy groups -OCH3 is 2. The van der Waals surface area contributed by atoms with E-state index in [9.17, 15) is 4.79 Å². The number of rotatable bonds is 21. The predicted molar refractivity (Wildman–Crippen MR) is 134 cm³/mol. The van der Waals surface area contributed by atoms with Gasteiger partial charge in [0.15, 0.2) is 0 Å². The van der Waals surface area contributed by atoms with E-state index in [1.807, 2.05) is 0 Å². The van der Waals surface area contributed by atoms with E-state index < -0.39 is 11.8 Å². The minimum atomic E-state index is -1.33. The number of thiol groups is 1. The van der Waals surface area contributed by atoms with E-state index in [2.05, 4.69) is 13.8 Å². The Morgan fingerprint density at radius 3 is 1.57 bits per heavy atom. The molecular formula is C24H50O4SSi. The van der Waals surface area contributed by atoms with Gasteiger partial charge in [0, 0.05) is 25.4 Å². The SMILES string of the molecule is CCCCCCCCCCCCCCCC(C(S)CCC)C(OC)(OC)C(=O)O[SiH3]. The molecule has 2 unspecified atom stereocenters. The summed E-state index contributed by atoms with van der Waals surface area (Å²) in [6.07, 6.45) is 20.1. The highest BCUT2D eigenvalue weighted by Crippen LogP contribution is 2.36. The van der Waals surface area contributed by atoms with Gasteiger partial charge < -0.3 is 13.9 Å². The van der Waals surface area contributed by atoms with Gasteiger partial charge >= 0.3 is 5.97 Å². The number of unbranched alkanes of at least 4 members (excludes halogenated alkanes) is 12. The quantitative estimate of drug-likeness (QED) is 0.0984. The predicted octanol–water partition coefficient (Wildman–Crippen LogP) is 6.00. The maximum absolute atomic E-state index is 12.5. The third kappa shape index (κ3) is 11.5. The normalized spacial score (nSPS) is 14.0. The van der Waals surface area contributed by atoms with E-state index in [1.54, 1.807) is 0 Å². The molecule has 0 aliphatic carbocycles. The van der Waals surface area contributed by atoms with E-state index in [0.717, 1.165) is 25.7 Å². The lowest BCUT2D eigenvalue weighted by molar-refractivity contribution is -0.245. The average molecular weight is 463 g/mol. The van der Waals surface area contributed by atoms with E-state index >= 15 is 0 Å². The smallest absolute Gasteiger partial charge is 0.353 e. The Bertz CT molecular complexity index is 405. The van der Waals surface area contributed by atoms with Gasteiger partial charge in [-0.2, -0.15) is 12.6 Å². The van der Waals surface area contributed by atoms with Crippen molar-refractivity contribution >= 4 is 29.1 Å². The Labute approximate surface area is 195 Å². The van der Waals surface area contributed by atoms with Crippen molar-refractivity contribution in [3.63, 3.8) is 0 Å². The maximum Gasteiger partial charge on any atom is 0.353 e. The largest absolute Gasteiger partial charge is 0.525 e. The molecule has 0 aromatic heterocycles. The summed E-state index contributed by atoms with van der Waals surface area (Å²) in [5, 5.41) is 0.0491. The highest BCUT2D eigenvalue weighted by Gasteiger charge is 2.49. The van der Waals surface area contributed by atoms with E-state index in [0.29, 0.717) is 10.5 Å². The first-order chi connectivity index (χ1) is 14.5. The first-order valence-electron chi connectivity index (χ1n) is 12.4. The topological polar surface area (TPSA) is 44.8 Å². The maximum atomic E-state index is 12.5. The molecule has 30 heavy (non-hydrogen) atoms. The second kappa shape index (κ2) is 19.6. The molecule has 0 saturated carbocycles. The average Bonchev–Trinajstić information content (AvgIpc) is 2.76. The molecule has 0 N–H and O–H groups in total. The van der Waals surface area contributed by atoms with E-state index in [1.165, 1.54) is 91.3 Å². The fourth-order valence-electron chi connectivity index (χ4n) is 4.36. The van der Waals surface area contributed by atoms with Crippen molar-refractivity contribution in [2.75, 3.05) is 14.2 Å². The molecule has 0 bridgehead atoms. The van der Waals surface area contributed by atoms with Gasteiger partial charge in [0.25, 0.3) is 5.79 Å². The fourth-order valence-corrected chi connectivity index (χ4v) is 5.25. The molecule has 0 radical (unpaired) electrons. The van der Waals surface area contributed by atoms with Gasteiger partial charge in [-0.3, -0.25) is 0 Å². The minimum absolute atomic E-state index is 0.0491. The molecule has 0 heterocycles. The Morgan fingerprint density at radius 2 is 1.20 bits per heavy atom. The summed E-state index contributed by atoms with van der Waals surface area (Å²) in [7, 11) is 3.40. The van der Waals surface area contributed by atoms with Gasteiger partial charge in [-0.15, -0.1) is 0 Å². The molecule has 0 rings (SSSR count). The highest BCUT2D eigenvalue weighted by molar-refractivity contribution is 7.81. The summed E-state index contributed by atoms with van der Waals surface area (Å²) < 4.78 is 16.4. The van der Waals surface area contributed by atoms with Crippen LogP contribution in [0.3, 0.4) is 0 Å². The van der Waals surface area contributed by atoms with Crippen LogP contribution < -0.4 is 0 Å².